The predicted octanol–water partition coefficient (Wildman–Crippen LogP) is 3.73. The van der Waals surface area contributed by atoms with Crippen LogP contribution in [0.2, 0.25) is 0 Å². The summed E-state index contributed by atoms with van der Waals surface area (Å²) in [6.45, 7) is 4.02. The molecule has 0 spiro atoms. The molecule has 2 aliphatic heterocycles. The number of Topliss-reactive ketones (excluding diaryl/α,β-unsaturated/α-hetero) is 1. The summed E-state index contributed by atoms with van der Waals surface area (Å²) < 4.78 is 16.4. The standard InChI is InChI=1S/C28H34N4O5.H2S/c33-24(2-4-28(34)27-14-23(5-9-30-27)31-22-7-11-35-12-8-22)17-32-10-6-20-13-25(3-1-21(20)16-32)36-18-26-15-29-19-37-26;/h1,3,5,9,13-15,19,22,24,33H,2,4,6-8,10-12,16-18H2,(H,30,31);1H2/t24-;/m0./s1. The number of β-amino-alcohol motifs (C(OH)–C–C–N with tert-alkyl or cyclic N) is 1. The first-order chi connectivity index (χ1) is 18.1. The molecule has 0 radical (unpaired) electrons. The number of benzene rings is 1. The van der Waals surface area contributed by atoms with Crippen molar-refractivity contribution in [2.75, 3.05) is 31.6 Å². The monoisotopic (exact) mass is 540 g/mol. The molecule has 10 heteroatoms. The number of anilines is 1. The highest BCUT2D eigenvalue weighted by Gasteiger charge is 2.21. The van der Waals surface area contributed by atoms with E-state index in [1.54, 1.807) is 12.4 Å². The van der Waals surface area contributed by atoms with Crippen LogP contribution in [0.3, 0.4) is 0 Å². The van der Waals surface area contributed by atoms with Crippen molar-refractivity contribution in [1.82, 2.24) is 14.9 Å². The number of ketones is 1. The zero-order chi connectivity index (χ0) is 25.5. The number of carbonyl (C=O) groups excluding carboxylic acids is 1. The fourth-order valence-corrected chi connectivity index (χ4v) is 4.87. The second kappa shape index (κ2) is 13.7. The highest BCUT2D eigenvalue weighted by Crippen LogP contribution is 2.25. The maximum atomic E-state index is 12.8. The van der Waals surface area contributed by atoms with Crippen LogP contribution in [-0.4, -0.2) is 64.2 Å². The van der Waals surface area contributed by atoms with E-state index >= 15 is 0 Å². The Balaban J connectivity index is 0.00000336. The second-order valence-corrected chi connectivity index (χ2v) is 9.75. The fourth-order valence-electron chi connectivity index (χ4n) is 4.87. The Morgan fingerprint density at radius 1 is 1.21 bits per heavy atom. The van der Waals surface area contributed by atoms with Gasteiger partial charge in [0.2, 0.25) is 0 Å². The summed E-state index contributed by atoms with van der Waals surface area (Å²) >= 11 is 0. The Bertz CT molecular complexity index is 1170. The van der Waals surface area contributed by atoms with Gasteiger partial charge in [0, 0.05) is 57.2 Å². The highest BCUT2D eigenvalue weighted by atomic mass is 32.1. The molecule has 2 aliphatic rings. The van der Waals surface area contributed by atoms with Crippen LogP contribution in [0.15, 0.2) is 53.5 Å². The molecule has 5 rings (SSSR count). The van der Waals surface area contributed by atoms with Gasteiger partial charge in [-0.05, 0) is 61.1 Å². The van der Waals surface area contributed by atoms with E-state index in [0.29, 0.717) is 37.1 Å². The van der Waals surface area contributed by atoms with Crippen molar-refractivity contribution in [3.8, 4) is 5.75 Å². The highest BCUT2D eigenvalue weighted by molar-refractivity contribution is 7.59. The lowest BCUT2D eigenvalue weighted by Crippen LogP contribution is -2.36. The number of aliphatic hydroxyl groups is 1. The Kier molecular flexibility index (Phi) is 10.2. The van der Waals surface area contributed by atoms with E-state index in [9.17, 15) is 9.90 Å². The number of hydrogen-bond donors (Lipinski definition) is 2. The van der Waals surface area contributed by atoms with Gasteiger partial charge in [-0.1, -0.05) is 6.07 Å². The van der Waals surface area contributed by atoms with Gasteiger partial charge in [-0.15, -0.1) is 0 Å². The van der Waals surface area contributed by atoms with Crippen molar-refractivity contribution in [1.29, 1.82) is 0 Å². The van der Waals surface area contributed by atoms with E-state index in [1.807, 2.05) is 18.2 Å². The summed E-state index contributed by atoms with van der Waals surface area (Å²) in [6.07, 6.45) is 7.62. The lowest BCUT2D eigenvalue weighted by Gasteiger charge is -2.30. The Morgan fingerprint density at radius 2 is 2.08 bits per heavy atom. The molecule has 9 nitrogen and oxygen atoms in total. The molecule has 2 aromatic heterocycles. The third kappa shape index (κ3) is 7.80. The second-order valence-electron chi connectivity index (χ2n) is 9.75. The van der Waals surface area contributed by atoms with Crippen molar-refractivity contribution < 1.29 is 23.8 Å². The van der Waals surface area contributed by atoms with Crippen LogP contribution >= 0.6 is 13.5 Å². The molecule has 0 unspecified atom stereocenters. The molecule has 1 fully saturated rings. The van der Waals surface area contributed by atoms with Crippen molar-refractivity contribution in [2.24, 2.45) is 0 Å². The number of carbonyl (C=O) groups is 1. The van der Waals surface area contributed by atoms with E-state index in [2.05, 4.69) is 32.3 Å². The number of nitrogens with zero attached hydrogens (tertiary/aromatic N) is 3. The minimum absolute atomic E-state index is 0. The summed E-state index contributed by atoms with van der Waals surface area (Å²) in [7, 11) is 0. The summed E-state index contributed by atoms with van der Waals surface area (Å²) in [6, 6.07) is 10.2. The zero-order valence-electron chi connectivity index (χ0n) is 21.5. The number of aromatic nitrogens is 2. The Hall–Kier alpha value is -2.92. The lowest BCUT2D eigenvalue weighted by atomic mass is 9.98. The molecule has 0 aliphatic carbocycles. The van der Waals surface area contributed by atoms with Gasteiger partial charge in [-0.25, -0.2) is 4.98 Å². The molecule has 2 N–H and O–H groups in total. The number of pyridine rings is 1. The fraction of sp³-hybridized carbons (Fsp3) is 0.464. The summed E-state index contributed by atoms with van der Waals surface area (Å²) in [5.41, 5.74) is 3.85. The van der Waals surface area contributed by atoms with Crippen LogP contribution in [0.5, 0.6) is 5.75 Å². The maximum Gasteiger partial charge on any atom is 0.181 e. The van der Waals surface area contributed by atoms with E-state index in [-0.39, 0.29) is 25.7 Å². The van der Waals surface area contributed by atoms with Crippen LogP contribution in [0.25, 0.3) is 0 Å². The van der Waals surface area contributed by atoms with Gasteiger partial charge in [0.1, 0.15) is 18.1 Å². The quantitative estimate of drug-likeness (QED) is 0.352. The molecule has 4 heterocycles. The van der Waals surface area contributed by atoms with Crippen molar-refractivity contribution in [3.05, 3.63) is 71.7 Å². The van der Waals surface area contributed by atoms with Gasteiger partial charge in [0.25, 0.3) is 0 Å². The van der Waals surface area contributed by atoms with Gasteiger partial charge in [0.05, 0.1) is 12.3 Å². The molecule has 1 aromatic carbocycles. The van der Waals surface area contributed by atoms with Gasteiger partial charge in [0.15, 0.2) is 17.9 Å². The number of rotatable bonds is 11. The number of nitrogens with one attached hydrogen (secondary N) is 1. The number of fused-ring (bicyclic) bond motifs is 1. The van der Waals surface area contributed by atoms with E-state index < -0.39 is 6.10 Å². The first-order valence-electron chi connectivity index (χ1n) is 13.0. The molecule has 3 aromatic rings. The van der Waals surface area contributed by atoms with Gasteiger partial charge < -0.3 is 24.3 Å². The Labute approximate surface area is 230 Å². The molecule has 1 atom stereocenters. The van der Waals surface area contributed by atoms with E-state index in [4.69, 9.17) is 13.9 Å². The van der Waals surface area contributed by atoms with Crippen LogP contribution in [0.1, 0.15) is 53.1 Å². The molecule has 0 saturated carbocycles. The zero-order valence-corrected chi connectivity index (χ0v) is 22.5. The van der Waals surface area contributed by atoms with Crippen molar-refractivity contribution >= 4 is 25.0 Å². The number of oxazole rings is 1. The molecule has 204 valence electrons. The molecule has 0 amide bonds. The van der Waals surface area contributed by atoms with Crippen LogP contribution in [-0.2, 0) is 24.3 Å². The third-order valence-electron chi connectivity index (χ3n) is 6.94. The van der Waals surface area contributed by atoms with Crippen LogP contribution in [0, 0.1) is 0 Å². The van der Waals surface area contributed by atoms with E-state index in [1.165, 1.54) is 17.5 Å². The average Bonchev–Trinajstić information content (AvgIpc) is 3.45. The third-order valence-corrected chi connectivity index (χ3v) is 6.94. The molecule has 0 bridgehead atoms. The predicted molar refractivity (Wildman–Crippen MR) is 148 cm³/mol. The van der Waals surface area contributed by atoms with E-state index in [0.717, 1.165) is 57.0 Å². The largest absolute Gasteiger partial charge is 0.486 e. The number of ether oxygens (including phenoxy) is 2. The smallest absolute Gasteiger partial charge is 0.181 e. The summed E-state index contributed by atoms with van der Waals surface area (Å²) in [5, 5.41) is 14.1. The topological polar surface area (TPSA) is 110 Å². The molecular weight excluding hydrogens is 504 g/mol. The Morgan fingerprint density at radius 3 is 2.89 bits per heavy atom. The SMILES string of the molecule is O=C(CC[C@H](O)CN1CCc2cc(OCc3cnco3)ccc2C1)c1cc(NC2CCOCC2)ccn1.S. The summed E-state index contributed by atoms with van der Waals surface area (Å²) in [5.74, 6) is 1.45. The van der Waals surface area contributed by atoms with Gasteiger partial charge in [-0.2, -0.15) is 13.5 Å². The first kappa shape index (κ1) is 28.1. The molecular formula is C28H36N4O5S. The molecule has 38 heavy (non-hydrogen) atoms. The van der Waals surface area contributed by atoms with Gasteiger partial charge in [-0.3, -0.25) is 14.7 Å². The van der Waals surface area contributed by atoms with Crippen molar-refractivity contribution in [3.63, 3.8) is 0 Å². The lowest BCUT2D eigenvalue weighted by molar-refractivity contribution is 0.0833. The van der Waals surface area contributed by atoms with Crippen LogP contribution < -0.4 is 10.1 Å². The maximum absolute atomic E-state index is 12.8. The average molecular weight is 541 g/mol. The number of aliphatic hydroxyl groups excluding tert-OH is 1. The normalized spacial score (nSPS) is 16.8. The number of hydrogen-bond acceptors (Lipinski definition) is 9. The van der Waals surface area contributed by atoms with Crippen LogP contribution in [0.4, 0.5) is 5.69 Å². The summed E-state index contributed by atoms with van der Waals surface area (Å²) in [4.78, 5) is 23.2. The van der Waals surface area contributed by atoms with Crippen molar-refractivity contribution in [2.45, 2.75) is 57.4 Å². The minimum atomic E-state index is -0.571. The molecule has 1 saturated heterocycles. The van der Waals surface area contributed by atoms with Gasteiger partial charge >= 0.3 is 0 Å². The minimum Gasteiger partial charge on any atom is -0.486 e. The first-order valence-corrected chi connectivity index (χ1v) is 13.0.